The SMILES string of the molecule is CC(C)c1nccc(CN2CCN(Cc3cccc(F)c3)CC2)n1. The van der Waals surface area contributed by atoms with Crippen molar-refractivity contribution in [3.63, 3.8) is 0 Å². The number of nitrogens with zero attached hydrogens (tertiary/aromatic N) is 4. The van der Waals surface area contributed by atoms with Crippen LogP contribution in [0, 0.1) is 5.82 Å². The van der Waals surface area contributed by atoms with Gasteiger partial charge in [-0.25, -0.2) is 14.4 Å². The third kappa shape index (κ3) is 4.58. The lowest BCUT2D eigenvalue weighted by Gasteiger charge is -2.34. The van der Waals surface area contributed by atoms with E-state index < -0.39 is 0 Å². The molecule has 1 aliphatic heterocycles. The van der Waals surface area contributed by atoms with Gasteiger partial charge in [0, 0.05) is 51.4 Å². The molecule has 1 saturated heterocycles. The molecule has 0 bridgehead atoms. The highest BCUT2D eigenvalue weighted by Crippen LogP contribution is 2.13. The van der Waals surface area contributed by atoms with Gasteiger partial charge in [-0.3, -0.25) is 9.80 Å². The van der Waals surface area contributed by atoms with Crippen LogP contribution in [-0.2, 0) is 13.1 Å². The van der Waals surface area contributed by atoms with Crippen molar-refractivity contribution in [3.8, 4) is 0 Å². The Kier molecular flexibility index (Phi) is 5.53. The van der Waals surface area contributed by atoms with Crippen molar-refractivity contribution in [2.24, 2.45) is 0 Å². The number of rotatable bonds is 5. The first-order valence-corrected chi connectivity index (χ1v) is 8.61. The quantitative estimate of drug-likeness (QED) is 0.844. The summed E-state index contributed by atoms with van der Waals surface area (Å²) in [6.45, 7) is 9.94. The molecule has 2 heterocycles. The Bertz CT molecular complexity index is 666. The minimum absolute atomic E-state index is 0.157. The summed E-state index contributed by atoms with van der Waals surface area (Å²) in [6.07, 6.45) is 1.86. The minimum Gasteiger partial charge on any atom is -0.297 e. The second-order valence-corrected chi connectivity index (χ2v) is 6.74. The van der Waals surface area contributed by atoms with Crippen LogP contribution in [0.5, 0.6) is 0 Å². The molecule has 1 aromatic heterocycles. The van der Waals surface area contributed by atoms with Crippen LogP contribution in [0.1, 0.15) is 36.8 Å². The Morgan fingerprint density at radius 2 is 1.75 bits per heavy atom. The highest BCUT2D eigenvalue weighted by Gasteiger charge is 2.18. The zero-order valence-electron chi connectivity index (χ0n) is 14.5. The van der Waals surface area contributed by atoms with E-state index in [0.29, 0.717) is 5.92 Å². The zero-order chi connectivity index (χ0) is 16.9. The fourth-order valence-electron chi connectivity index (χ4n) is 3.01. The molecule has 0 unspecified atom stereocenters. The summed E-state index contributed by atoms with van der Waals surface area (Å²) < 4.78 is 13.3. The van der Waals surface area contributed by atoms with Gasteiger partial charge < -0.3 is 0 Å². The minimum atomic E-state index is -0.157. The van der Waals surface area contributed by atoms with Gasteiger partial charge in [-0.15, -0.1) is 0 Å². The Morgan fingerprint density at radius 1 is 1.04 bits per heavy atom. The third-order valence-electron chi connectivity index (χ3n) is 4.39. The number of halogens is 1. The van der Waals surface area contributed by atoms with E-state index >= 15 is 0 Å². The first kappa shape index (κ1) is 17.0. The monoisotopic (exact) mass is 328 g/mol. The number of aromatic nitrogens is 2. The van der Waals surface area contributed by atoms with Gasteiger partial charge in [-0.2, -0.15) is 0 Å². The molecule has 3 rings (SSSR count). The molecule has 0 radical (unpaired) electrons. The first-order chi connectivity index (χ1) is 11.6. The number of piperazine rings is 1. The van der Waals surface area contributed by atoms with Gasteiger partial charge in [0.25, 0.3) is 0 Å². The van der Waals surface area contributed by atoms with E-state index in [-0.39, 0.29) is 5.82 Å². The van der Waals surface area contributed by atoms with Crippen molar-refractivity contribution in [2.75, 3.05) is 26.2 Å². The highest BCUT2D eigenvalue weighted by atomic mass is 19.1. The molecule has 1 aromatic carbocycles. The summed E-state index contributed by atoms with van der Waals surface area (Å²) in [4.78, 5) is 13.8. The maximum absolute atomic E-state index is 13.3. The second-order valence-electron chi connectivity index (χ2n) is 6.74. The molecule has 2 aromatic rings. The Balaban J connectivity index is 1.51. The van der Waals surface area contributed by atoms with Gasteiger partial charge in [0.05, 0.1) is 5.69 Å². The van der Waals surface area contributed by atoms with E-state index in [2.05, 4.69) is 33.6 Å². The average molecular weight is 328 g/mol. The summed E-state index contributed by atoms with van der Waals surface area (Å²) in [5.41, 5.74) is 2.13. The molecular weight excluding hydrogens is 303 g/mol. The molecule has 1 aliphatic rings. The summed E-state index contributed by atoms with van der Waals surface area (Å²) in [7, 11) is 0. The molecule has 1 fully saturated rings. The lowest BCUT2D eigenvalue weighted by atomic mass is 10.2. The standard InChI is InChI=1S/C19H25FN4/c1-15(2)19-21-7-6-18(22-19)14-24-10-8-23(9-11-24)13-16-4-3-5-17(20)12-16/h3-7,12,15H,8-11,13-14H2,1-2H3. The van der Waals surface area contributed by atoms with Crippen molar-refractivity contribution in [2.45, 2.75) is 32.9 Å². The molecule has 0 aliphatic carbocycles. The third-order valence-corrected chi connectivity index (χ3v) is 4.39. The summed E-state index contributed by atoms with van der Waals surface area (Å²) >= 11 is 0. The highest BCUT2D eigenvalue weighted by molar-refractivity contribution is 5.16. The number of benzene rings is 1. The second kappa shape index (κ2) is 7.81. The molecule has 5 heteroatoms. The number of hydrogen-bond acceptors (Lipinski definition) is 4. The van der Waals surface area contributed by atoms with Crippen molar-refractivity contribution >= 4 is 0 Å². The van der Waals surface area contributed by atoms with Crippen LogP contribution < -0.4 is 0 Å². The van der Waals surface area contributed by atoms with Crippen molar-refractivity contribution < 1.29 is 4.39 Å². The van der Waals surface area contributed by atoms with Crippen LogP contribution in [0.25, 0.3) is 0 Å². The molecular formula is C19H25FN4. The van der Waals surface area contributed by atoms with Crippen LogP contribution >= 0.6 is 0 Å². The first-order valence-electron chi connectivity index (χ1n) is 8.61. The smallest absolute Gasteiger partial charge is 0.131 e. The maximum atomic E-state index is 13.3. The van der Waals surface area contributed by atoms with Gasteiger partial charge in [0.1, 0.15) is 11.6 Å². The molecule has 4 nitrogen and oxygen atoms in total. The zero-order valence-corrected chi connectivity index (χ0v) is 14.5. The maximum Gasteiger partial charge on any atom is 0.131 e. The van der Waals surface area contributed by atoms with Crippen LogP contribution in [0.3, 0.4) is 0 Å². The molecule has 0 N–H and O–H groups in total. The van der Waals surface area contributed by atoms with E-state index in [0.717, 1.165) is 56.4 Å². The predicted molar refractivity (Wildman–Crippen MR) is 93.1 cm³/mol. The average Bonchev–Trinajstić information content (AvgIpc) is 2.57. The molecule has 0 atom stereocenters. The fourth-order valence-corrected chi connectivity index (χ4v) is 3.01. The van der Waals surface area contributed by atoms with Crippen molar-refractivity contribution in [1.82, 2.24) is 19.8 Å². The van der Waals surface area contributed by atoms with Gasteiger partial charge in [0.15, 0.2) is 0 Å². The molecule has 0 amide bonds. The van der Waals surface area contributed by atoms with Crippen LogP contribution in [0.2, 0.25) is 0 Å². The molecule has 128 valence electrons. The normalized spacial score (nSPS) is 16.7. The largest absolute Gasteiger partial charge is 0.297 e. The topological polar surface area (TPSA) is 32.3 Å². The molecule has 24 heavy (non-hydrogen) atoms. The van der Waals surface area contributed by atoms with Crippen molar-refractivity contribution in [3.05, 3.63) is 59.4 Å². The van der Waals surface area contributed by atoms with E-state index in [9.17, 15) is 4.39 Å². The lowest BCUT2D eigenvalue weighted by Crippen LogP contribution is -2.45. The summed E-state index contributed by atoms with van der Waals surface area (Å²) in [5.74, 6) is 1.11. The summed E-state index contributed by atoms with van der Waals surface area (Å²) in [5, 5.41) is 0. The fraction of sp³-hybridized carbons (Fsp3) is 0.474. The van der Waals surface area contributed by atoms with E-state index in [1.54, 1.807) is 12.1 Å². The van der Waals surface area contributed by atoms with E-state index in [1.165, 1.54) is 6.07 Å². The van der Waals surface area contributed by atoms with Crippen LogP contribution in [0.4, 0.5) is 4.39 Å². The van der Waals surface area contributed by atoms with Gasteiger partial charge in [-0.05, 0) is 23.8 Å². The van der Waals surface area contributed by atoms with Crippen LogP contribution in [0.15, 0.2) is 36.5 Å². The number of hydrogen-bond donors (Lipinski definition) is 0. The lowest BCUT2D eigenvalue weighted by molar-refractivity contribution is 0.121. The predicted octanol–water partition coefficient (Wildman–Crippen LogP) is 3.06. The van der Waals surface area contributed by atoms with E-state index in [1.807, 2.05) is 18.3 Å². The van der Waals surface area contributed by atoms with Crippen LogP contribution in [-0.4, -0.2) is 45.9 Å². The van der Waals surface area contributed by atoms with Gasteiger partial charge in [-0.1, -0.05) is 26.0 Å². The van der Waals surface area contributed by atoms with Gasteiger partial charge >= 0.3 is 0 Å². The summed E-state index contributed by atoms with van der Waals surface area (Å²) in [6, 6.07) is 8.90. The van der Waals surface area contributed by atoms with E-state index in [4.69, 9.17) is 0 Å². The van der Waals surface area contributed by atoms with Gasteiger partial charge in [0.2, 0.25) is 0 Å². The Labute approximate surface area is 143 Å². The Morgan fingerprint density at radius 3 is 2.42 bits per heavy atom. The Hall–Kier alpha value is -1.85. The molecule has 0 spiro atoms. The molecule has 0 saturated carbocycles. The van der Waals surface area contributed by atoms with Crippen molar-refractivity contribution in [1.29, 1.82) is 0 Å².